The van der Waals surface area contributed by atoms with Gasteiger partial charge in [-0.3, -0.25) is 4.90 Å². The Bertz CT molecular complexity index is 735. The van der Waals surface area contributed by atoms with E-state index >= 15 is 0 Å². The first-order valence-electron chi connectivity index (χ1n) is 9.80. The maximum absolute atomic E-state index is 6.19. The third-order valence-corrected chi connectivity index (χ3v) is 5.33. The summed E-state index contributed by atoms with van der Waals surface area (Å²) >= 11 is 0. The van der Waals surface area contributed by atoms with Crippen LogP contribution in [-0.2, 0) is 6.54 Å². The first-order chi connectivity index (χ1) is 12.9. The van der Waals surface area contributed by atoms with E-state index in [2.05, 4.69) is 70.9 Å². The van der Waals surface area contributed by atoms with E-state index in [1.165, 1.54) is 16.7 Å². The molecule has 0 radical (unpaired) electrons. The van der Waals surface area contributed by atoms with E-state index in [1.54, 1.807) is 0 Å². The van der Waals surface area contributed by atoms with Crippen LogP contribution >= 0.6 is 0 Å². The van der Waals surface area contributed by atoms with Crippen LogP contribution in [0.25, 0.3) is 5.57 Å². The van der Waals surface area contributed by atoms with Crippen molar-refractivity contribution in [1.29, 1.82) is 0 Å². The first-order valence-corrected chi connectivity index (χ1v) is 9.80. The fourth-order valence-corrected chi connectivity index (χ4v) is 3.85. The van der Waals surface area contributed by atoms with Crippen molar-refractivity contribution in [3.8, 4) is 5.75 Å². The molecule has 1 saturated heterocycles. The average Bonchev–Trinajstić information content (AvgIpc) is 2.70. The van der Waals surface area contributed by atoms with E-state index in [0.717, 1.165) is 57.7 Å². The van der Waals surface area contributed by atoms with Crippen LogP contribution in [0.2, 0.25) is 0 Å². The highest BCUT2D eigenvalue weighted by molar-refractivity contribution is 5.66. The van der Waals surface area contributed by atoms with Gasteiger partial charge in [-0.1, -0.05) is 48.5 Å². The summed E-state index contributed by atoms with van der Waals surface area (Å²) in [5, 5.41) is 3.39. The number of nitrogens with one attached hydrogen (secondary N) is 1. The minimum absolute atomic E-state index is 0.359. The molecule has 0 aromatic heterocycles. The summed E-state index contributed by atoms with van der Waals surface area (Å²) in [7, 11) is 0. The van der Waals surface area contributed by atoms with Gasteiger partial charge in [0.05, 0.1) is 0 Å². The van der Waals surface area contributed by atoms with Crippen molar-refractivity contribution >= 4 is 5.57 Å². The maximum atomic E-state index is 6.19. The highest BCUT2D eigenvalue weighted by Gasteiger charge is 2.16. The van der Waals surface area contributed by atoms with Crippen LogP contribution in [0.4, 0.5) is 0 Å². The number of hydrogen-bond acceptors (Lipinski definition) is 3. The second-order valence-corrected chi connectivity index (χ2v) is 7.30. The molecule has 4 rings (SSSR count). The fraction of sp³-hybridized carbons (Fsp3) is 0.391. The molecule has 2 aliphatic heterocycles. The predicted octanol–water partition coefficient (Wildman–Crippen LogP) is 4.11. The molecule has 1 N–H and O–H groups in total. The van der Waals surface area contributed by atoms with Crippen LogP contribution in [0.15, 0.2) is 60.7 Å². The molecule has 2 aromatic rings. The Balaban J connectivity index is 1.34. The Kier molecular flexibility index (Phi) is 5.68. The van der Waals surface area contributed by atoms with Gasteiger partial charge in [0.15, 0.2) is 0 Å². The van der Waals surface area contributed by atoms with Gasteiger partial charge in [-0.15, -0.1) is 0 Å². The van der Waals surface area contributed by atoms with Gasteiger partial charge in [-0.25, -0.2) is 0 Å². The van der Waals surface area contributed by atoms with Crippen LogP contribution in [0.3, 0.4) is 0 Å². The quantitative estimate of drug-likeness (QED) is 0.880. The predicted molar refractivity (Wildman–Crippen MR) is 107 cm³/mol. The number of piperidine rings is 1. The molecule has 0 atom stereocenters. The summed E-state index contributed by atoms with van der Waals surface area (Å²) in [6.07, 6.45) is 6.06. The molecule has 2 heterocycles. The Morgan fingerprint density at radius 3 is 2.62 bits per heavy atom. The van der Waals surface area contributed by atoms with Gasteiger partial charge in [0.25, 0.3) is 0 Å². The zero-order valence-corrected chi connectivity index (χ0v) is 15.4. The van der Waals surface area contributed by atoms with E-state index in [0.29, 0.717) is 6.10 Å². The summed E-state index contributed by atoms with van der Waals surface area (Å²) in [5.41, 5.74) is 4.18. The van der Waals surface area contributed by atoms with Crippen LogP contribution in [0.5, 0.6) is 5.75 Å². The van der Waals surface area contributed by atoms with E-state index in [1.807, 2.05) is 0 Å². The van der Waals surface area contributed by atoms with Crippen LogP contribution in [0.1, 0.15) is 30.4 Å². The number of ether oxygens (including phenoxy) is 1. The van der Waals surface area contributed by atoms with Gasteiger partial charge in [0, 0.05) is 19.6 Å². The molecule has 1 fully saturated rings. The molecule has 3 nitrogen and oxygen atoms in total. The Labute approximate surface area is 156 Å². The van der Waals surface area contributed by atoms with Gasteiger partial charge in [-0.05, 0) is 61.2 Å². The van der Waals surface area contributed by atoms with E-state index in [-0.39, 0.29) is 0 Å². The first kappa shape index (κ1) is 17.3. The Morgan fingerprint density at radius 1 is 1.00 bits per heavy atom. The van der Waals surface area contributed by atoms with Crippen molar-refractivity contribution in [1.82, 2.24) is 10.2 Å². The van der Waals surface area contributed by atoms with Crippen LogP contribution in [-0.4, -0.2) is 37.2 Å². The molecular formula is C23H28N2O. The van der Waals surface area contributed by atoms with Crippen molar-refractivity contribution < 1.29 is 4.74 Å². The fourth-order valence-electron chi connectivity index (χ4n) is 3.85. The van der Waals surface area contributed by atoms with E-state index in [4.69, 9.17) is 4.74 Å². The lowest BCUT2D eigenvalue weighted by atomic mass is 9.99. The largest absolute Gasteiger partial charge is 0.490 e. The molecule has 2 aromatic carbocycles. The SMILES string of the molecule is C1=C(c2ccccc2)CCN(Cc2cccc(OC3CCNCC3)c2)C1. The molecule has 0 unspecified atom stereocenters. The second kappa shape index (κ2) is 8.52. The zero-order chi connectivity index (χ0) is 17.6. The van der Waals surface area contributed by atoms with Crippen molar-refractivity contribution in [2.45, 2.75) is 31.9 Å². The van der Waals surface area contributed by atoms with Gasteiger partial charge in [0.1, 0.15) is 11.9 Å². The lowest BCUT2D eigenvalue weighted by molar-refractivity contribution is 0.162. The van der Waals surface area contributed by atoms with Gasteiger partial charge in [-0.2, -0.15) is 0 Å². The van der Waals surface area contributed by atoms with Gasteiger partial charge >= 0.3 is 0 Å². The van der Waals surface area contributed by atoms with E-state index in [9.17, 15) is 0 Å². The lowest BCUT2D eigenvalue weighted by Crippen LogP contribution is -2.34. The molecule has 0 bridgehead atoms. The summed E-state index contributed by atoms with van der Waals surface area (Å²) in [6, 6.07) is 19.4. The van der Waals surface area contributed by atoms with Gasteiger partial charge in [0.2, 0.25) is 0 Å². The van der Waals surface area contributed by atoms with Crippen LogP contribution < -0.4 is 10.1 Å². The molecule has 3 heteroatoms. The molecule has 0 saturated carbocycles. The molecule has 136 valence electrons. The smallest absolute Gasteiger partial charge is 0.120 e. The lowest BCUT2D eigenvalue weighted by Gasteiger charge is -2.27. The van der Waals surface area contributed by atoms with Crippen molar-refractivity contribution in [2.24, 2.45) is 0 Å². The standard InChI is InChI=1S/C23H28N2O/c1-2-6-20(7-3-1)21-11-15-25(16-12-21)18-19-5-4-8-23(17-19)26-22-9-13-24-14-10-22/h1-8,11,17,22,24H,9-10,12-16,18H2. The Hall–Kier alpha value is -2.10. The highest BCUT2D eigenvalue weighted by Crippen LogP contribution is 2.24. The summed E-state index contributed by atoms with van der Waals surface area (Å²) in [6.45, 7) is 5.24. The van der Waals surface area contributed by atoms with Crippen LogP contribution in [0, 0.1) is 0 Å². The van der Waals surface area contributed by atoms with Gasteiger partial charge < -0.3 is 10.1 Å². The number of rotatable bonds is 5. The highest BCUT2D eigenvalue weighted by atomic mass is 16.5. The molecule has 0 amide bonds. The third kappa shape index (κ3) is 4.54. The number of hydrogen-bond donors (Lipinski definition) is 1. The zero-order valence-electron chi connectivity index (χ0n) is 15.4. The number of benzene rings is 2. The maximum Gasteiger partial charge on any atom is 0.120 e. The molecule has 0 spiro atoms. The molecule has 0 aliphatic carbocycles. The normalized spacial score (nSPS) is 19.2. The summed E-state index contributed by atoms with van der Waals surface area (Å²) < 4.78 is 6.19. The minimum atomic E-state index is 0.359. The van der Waals surface area contributed by atoms with Crippen molar-refractivity contribution in [3.05, 3.63) is 71.8 Å². The summed E-state index contributed by atoms with van der Waals surface area (Å²) in [5.74, 6) is 1.02. The van der Waals surface area contributed by atoms with Crippen molar-refractivity contribution in [3.63, 3.8) is 0 Å². The van der Waals surface area contributed by atoms with E-state index < -0.39 is 0 Å². The van der Waals surface area contributed by atoms with Crippen molar-refractivity contribution in [2.75, 3.05) is 26.2 Å². The number of nitrogens with zero attached hydrogens (tertiary/aromatic N) is 1. The average molecular weight is 348 g/mol. The molecule has 26 heavy (non-hydrogen) atoms. The topological polar surface area (TPSA) is 24.5 Å². The third-order valence-electron chi connectivity index (χ3n) is 5.33. The monoisotopic (exact) mass is 348 g/mol. The minimum Gasteiger partial charge on any atom is -0.490 e. The summed E-state index contributed by atoms with van der Waals surface area (Å²) in [4.78, 5) is 2.51. The Morgan fingerprint density at radius 2 is 1.85 bits per heavy atom. The molecular weight excluding hydrogens is 320 g/mol. The molecule has 2 aliphatic rings. The second-order valence-electron chi connectivity index (χ2n) is 7.30.